The van der Waals surface area contributed by atoms with E-state index in [-0.39, 0.29) is 0 Å². The van der Waals surface area contributed by atoms with Crippen LogP contribution in [0.3, 0.4) is 0 Å². The summed E-state index contributed by atoms with van der Waals surface area (Å²) in [5.74, 6) is -0.443. The smallest absolute Gasteiger partial charge is 0.150 e. The molecule has 0 saturated carbocycles. The third-order valence-corrected chi connectivity index (χ3v) is 2.36. The Morgan fingerprint density at radius 2 is 2.00 bits per heavy atom. The maximum Gasteiger partial charge on any atom is 0.150 e. The molecule has 0 fully saturated rings. The maximum absolute atomic E-state index is 13.6. The zero-order chi connectivity index (χ0) is 11.0. The Morgan fingerprint density at radius 1 is 1.27 bits per heavy atom. The van der Waals surface area contributed by atoms with Crippen LogP contribution in [-0.2, 0) is 0 Å². The first-order chi connectivity index (χ1) is 7.11. The van der Waals surface area contributed by atoms with Crippen molar-refractivity contribution in [2.24, 2.45) is 0 Å². The van der Waals surface area contributed by atoms with E-state index in [4.69, 9.17) is 0 Å². The number of aromatic nitrogens is 1. The number of rotatable bonds is 1. The molecule has 0 radical (unpaired) electrons. The number of benzene rings is 1. The second kappa shape index (κ2) is 3.42. The maximum atomic E-state index is 13.6. The summed E-state index contributed by atoms with van der Waals surface area (Å²) in [6.07, 6.45) is 0.641. The molecule has 0 aliphatic carbocycles. The van der Waals surface area contributed by atoms with Crippen molar-refractivity contribution in [1.82, 2.24) is 4.98 Å². The summed E-state index contributed by atoms with van der Waals surface area (Å²) in [7, 11) is 0. The van der Waals surface area contributed by atoms with Crippen molar-refractivity contribution in [2.45, 2.75) is 13.8 Å². The quantitative estimate of drug-likeness (QED) is 0.667. The number of halogens is 1. The largest absolute Gasteiger partial charge is 0.298 e. The standard InChI is InChI=1S/C12H10FNO/c1-7-3-8(2)14-12-10(7)4-9(6-15)5-11(12)13/h3-6H,1-2H3. The Morgan fingerprint density at radius 3 is 2.67 bits per heavy atom. The van der Waals surface area contributed by atoms with Gasteiger partial charge in [0.05, 0.1) is 0 Å². The summed E-state index contributed by atoms with van der Waals surface area (Å²) in [6.45, 7) is 3.70. The van der Waals surface area contributed by atoms with Crippen LogP contribution in [0, 0.1) is 19.7 Å². The number of carbonyl (C=O) groups excluding carboxylic acids is 1. The van der Waals surface area contributed by atoms with E-state index in [0.717, 1.165) is 11.3 Å². The van der Waals surface area contributed by atoms with Crippen LogP contribution >= 0.6 is 0 Å². The van der Waals surface area contributed by atoms with Crippen LogP contribution in [0.5, 0.6) is 0 Å². The topological polar surface area (TPSA) is 30.0 Å². The molecule has 0 N–H and O–H groups in total. The van der Waals surface area contributed by atoms with Gasteiger partial charge in [0.1, 0.15) is 17.6 Å². The fourth-order valence-electron chi connectivity index (χ4n) is 1.70. The molecule has 2 rings (SSSR count). The van der Waals surface area contributed by atoms with Gasteiger partial charge in [0.25, 0.3) is 0 Å². The second-order valence-electron chi connectivity index (χ2n) is 3.60. The van der Waals surface area contributed by atoms with Gasteiger partial charge in [-0.2, -0.15) is 0 Å². The van der Waals surface area contributed by atoms with Gasteiger partial charge in [0, 0.05) is 16.6 Å². The van der Waals surface area contributed by atoms with Crippen molar-refractivity contribution in [1.29, 1.82) is 0 Å². The molecule has 0 bridgehead atoms. The first-order valence-corrected chi connectivity index (χ1v) is 4.64. The minimum absolute atomic E-state index is 0.332. The molecule has 2 aromatic rings. The van der Waals surface area contributed by atoms with E-state index in [1.165, 1.54) is 6.07 Å². The van der Waals surface area contributed by atoms with Crippen molar-refractivity contribution in [2.75, 3.05) is 0 Å². The van der Waals surface area contributed by atoms with E-state index in [9.17, 15) is 9.18 Å². The molecular weight excluding hydrogens is 193 g/mol. The van der Waals surface area contributed by atoms with Gasteiger partial charge >= 0.3 is 0 Å². The predicted octanol–water partition coefficient (Wildman–Crippen LogP) is 2.80. The number of hydrogen-bond acceptors (Lipinski definition) is 2. The fraction of sp³-hybridized carbons (Fsp3) is 0.167. The van der Waals surface area contributed by atoms with E-state index in [1.807, 2.05) is 19.9 Å². The molecular formula is C12H10FNO. The highest BCUT2D eigenvalue weighted by Gasteiger charge is 2.07. The lowest BCUT2D eigenvalue weighted by Gasteiger charge is -2.05. The van der Waals surface area contributed by atoms with Crippen LogP contribution in [0.2, 0.25) is 0 Å². The van der Waals surface area contributed by atoms with Crippen LogP contribution in [-0.4, -0.2) is 11.3 Å². The summed E-state index contributed by atoms with van der Waals surface area (Å²) < 4.78 is 13.6. The zero-order valence-electron chi connectivity index (χ0n) is 8.54. The highest BCUT2D eigenvalue weighted by Crippen LogP contribution is 2.21. The molecule has 1 aromatic carbocycles. The number of pyridine rings is 1. The number of hydrogen-bond donors (Lipinski definition) is 0. The average Bonchev–Trinajstić information content (AvgIpc) is 2.19. The zero-order valence-corrected chi connectivity index (χ0v) is 8.54. The lowest BCUT2D eigenvalue weighted by Crippen LogP contribution is -1.93. The molecule has 0 saturated heterocycles. The molecule has 0 unspecified atom stereocenters. The number of aryl methyl sites for hydroxylation is 2. The molecule has 2 nitrogen and oxygen atoms in total. The van der Waals surface area contributed by atoms with Crippen molar-refractivity contribution in [3.05, 3.63) is 40.8 Å². The van der Waals surface area contributed by atoms with Crippen molar-refractivity contribution in [3.63, 3.8) is 0 Å². The highest BCUT2D eigenvalue weighted by molar-refractivity contribution is 5.89. The molecule has 0 aliphatic rings. The van der Waals surface area contributed by atoms with E-state index < -0.39 is 5.82 Å². The van der Waals surface area contributed by atoms with Crippen LogP contribution in [0.4, 0.5) is 4.39 Å². The second-order valence-corrected chi connectivity index (χ2v) is 3.60. The Labute approximate surface area is 86.8 Å². The Balaban J connectivity index is 2.91. The molecule has 1 heterocycles. The van der Waals surface area contributed by atoms with Gasteiger partial charge in [0.15, 0.2) is 0 Å². The average molecular weight is 203 g/mol. The molecule has 0 spiro atoms. The van der Waals surface area contributed by atoms with Gasteiger partial charge in [-0.05, 0) is 37.6 Å². The van der Waals surface area contributed by atoms with Crippen LogP contribution < -0.4 is 0 Å². The molecule has 0 amide bonds. The Bertz CT molecular complexity index is 549. The van der Waals surface area contributed by atoms with Crippen LogP contribution in [0.25, 0.3) is 10.9 Å². The van der Waals surface area contributed by atoms with Crippen molar-refractivity contribution < 1.29 is 9.18 Å². The molecule has 3 heteroatoms. The lowest BCUT2D eigenvalue weighted by atomic mass is 10.1. The lowest BCUT2D eigenvalue weighted by molar-refractivity contribution is 0.112. The van der Waals surface area contributed by atoms with Gasteiger partial charge in [-0.25, -0.2) is 4.39 Å². The normalized spacial score (nSPS) is 10.6. The molecule has 1 aromatic heterocycles. The first-order valence-electron chi connectivity index (χ1n) is 4.64. The summed E-state index contributed by atoms with van der Waals surface area (Å²) in [6, 6.07) is 4.74. The summed E-state index contributed by atoms with van der Waals surface area (Å²) in [5, 5.41) is 0.697. The third-order valence-electron chi connectivity index (χ3n) is 2.36. The molecule has 76 valence electrons. The minimum Gasteiger partial charge on any atom is -0.298 e. The van der Waals surface area contributed by atoms with Crippen molar-refractivity contribution >= 4 is 17.2 Å². The number of carbonyl (C=O) groups is 1. The summed E-state index contributed by atoms with van der Waals surface area (Å²) >= 11 is 0. The first kappa shape index (κ1) is 9.77. The van der Waals surface area contributed by atoms with Gasteiger partial charge in [-0.3, -0.25) is 9.78 Å². The van der Waals surface area contributed by atoms with Crippen LogP contribution in [0.15, 0.2) is 18.2 Å². The van der Waals surface area contributed by atoms with Crippen molar-refractivity contribution in [3.8, 4) is 0 Å². The van der Waals surface area contributed by atoms with Gasteiger partial charge in [0.2, 0.25) is 0 Å². The number of fused-ring (bicyclic) bond motifs is 1. The SMILES string of the molecule is Cc1cc(C)c2cc(C=O)cc(F)c2n1. The number of aldehydes is 1. The highest BCUT2D eigenvalue weighted by atomic mass is 19.1. The summed E-state index contributed by atoms with van der Waals surface area (Å²) in [4.78, 5) is 14.7. The fourth-order valence-corrected chi connectivity index (χ4v) is 1.70. The van der Waals surface area contributed by atoms with Gasteiger partial charge in [-0.15, -0.1) is 0 Å². The van der Waals surface area contributed by atoms with E-state index in [1.54, 1.807) is 6.07 Å². The van der Waals surface area contributed by atoms with Gasteiger partial charge < -0.3 is 0 Å². The number of nitrogens with zero attached hydrogens (tertiary/aromatic N) is 1. The van der Waals surface area contributed by atoms with Gasteiger partial charge in [-0.1, -0.05) is 0 Å². The molecule has 15 heavy (non-hydrogen) atoms. The van der Waals surface area contributed by atoms with E-state index >= 15 is 0 Å². The molecule has 0 atom stereocenters. The third kappa shape index (κ3) is 1.61. The Kier molecular flexibility index (Phi) is 2.23. The van der Waals surface area contributed by atoms with E-state index in [2.05, 4.69) is 4.98 Å². The van der Waals surface area contributed by atoms with E-state index in [0.29, 0.717) is 22.8 Å². The predicted molar refractivity (Wildman–Crippen MR) is 56.6 cm³/mol. The minimum atomic E-state index is -0.443. The molecule has 0 aliphatic heterocycles. The monoisotopic (exact) mass is 203 g/mol. The Hall–Kier alpha value is -1.77. The van der Waals surface area contributed by atoms with Crippen LogP contribution in [0.1, 0.15) is 21.6 Å². The summed E-state index contributed by atoms with van der Waals surface area (Å²) in [5.41, 5.74) is 2.38.